The number of halogens is 2. The number of nitrogens with zero attached hydrogens (tertiary/aromatic N) is 1. The van der Waals surface area contributed by atoms with Crippen LogP contribution in [-0.4, -0.2) is 4.57 Å². The zero-order valence-electron chi connectivity index (χ0n) is 9.78. The molecular formula is C13H12BrClN2O. The van der Waals surface area contributed by atoms with Crippen molar-refractivity contribution in [3.05, 3.63) is 61.9 Å². The van der Waals surface area contributed by atoms with Crippen molar-refractivity contribution in [3.8, 4) is 0 Å². The monoisotopic (exact) mass is 326 g/mol. The fourth-order valence-electron chi connectivity index (χ4n) is 1.56. The molecule has 3 nitrogen and oxygen atoms in total. The lowest BCUT2D eigenvalue weighted by molar-refractivity contribution is 0.859. The third-order valence-corrected chi connectivity index (χ3v) is 3.43. The van der Waals surface area contributed by atoms with Gasteiger partial charge in [-0.3, -0.25) is 4.79 Å². The Bertz CT molecular complexity index is 625. The van der Waals surface area contributed by atoms with Crippen molar-refractivity contribution in [2.75, 3.05) is 5.32 Å². The van der Waals surface area contributed by atoms with Crippen LogP contribution in [0.1, 0.15) is 5.56 Å². The van der Waals surface area contributed by atoms with E-state index in [2.05, 4.69) is 21.2 Å². The van der Waals surface area contributed by atoms with Gasteiger partial charge in [0, 0.05) is 35.4 Å². The molecule has 0 fully saturated rings. The van der Waals surface area contributed by atoms with Crippen molar-refractivity contribution in [1.82, 2.24) is 4.57 Å². The molecule has 1 aromatic heterocycles. The van der Waals surface area contributed by atoms with Crippen molar-refractivity contribution < 1.29 is 0 Å². The van der Waals surface area contributed by atoms with Gasteiger partial charge >= 0.3 is 0 Å². The van der Waals surface area contributed by atoms with Crippen LogP contribution in [0.3, 0.4) is 0 Å². The lowest BCUT2D eigenvalue weighted by atomic mass is 10.2. The quantitative estimate of drug-likeness (QED) is 0.937. The third-order valence-electron chi connectivity index (χ3n) is 2.58. The molecule has 1 aromatic carbocycles. The van der Waals surface area contributed by atoms with E-state index in [-0.39, 0.29) is 5.56 Å². The van der Waals surface area contributed by atoms with Crippen LogP contribution in [0.4, 0.5) is 5.69 Å². The normalized spacial score (nSPS) is 10.4. The highest BCUT2D eigenvalue weighted by Gasteiger charge is 2.01. The average Bonchev–Trinajstić information content (AvgIpc) is 2.32. The smallest absolute Gasteiger partial charge is 0.250 e. The van der Waals surface area contributed by atoms with Gasteiger partial charge in [-0.1, -0.05) is 33.6 Å². The van der Waals surface area contributed by atoms with E-state index < -0.39 is 0 Å². The highest BCUT2D eigenvalue weighted by molar-refractivity contribution is 9.10. The van der Waals surface area contributed by atoms with Gasteiger partial charge in [0.25, 0.3) is 0 Å². The fraction of sp³-hybridized carbons (Fsp3) is 0.154. The minimum Gasteiger partial charge on any atom is -0.380 e. The van der Waals surface area contributed by atoms with Crippen LogP contribution >= 0.6 is 27.5 Å². The summed E-state index contributed by atoms with van der Waals surface area (Å²) >= 11 is 9.49. The predicted octanol–water partition coefficient (Wildman–Crippen LogP) is 3.41. The van der Waals surface area contributed by atoms with Crippen molar-refractivity contribution in [2.24, 2.45) is 7.05 Å². The van der Waals surface area contributed by atoms with Crippen LogP contribution in [0.5, 0.6) is 0 Å². The molecule has 2 rings (SSSR count). The molecule has 0 spiro atoms. The van der Waals surface area contributed by atoms with E-state index in [1.54, 1.807) is 19.3 Å². The maximum absolute atomic E-state index is 11.2. The Labute approximate surface area is 119 Å². The lowest BCUT2D eigenvalue weighted by Crippen LogP contribution is -2.15. The number of aryl methyl sites for hydroxylation is 1. The molecule has 0 radical (unpaired) electrons. The van der Waals surface area contributed by atoms with Gasteiger partial charge in [-0.15, -0.1) is 0 Å². The molecule has 0 saturated carbocycles. The third kappa shape index (κ3) is 3.15. The molecule has 94 valence electrons. The molecule has 2 aromatic rings. The van der Waals surface area contributed by atoms with Crippen molar-refractivity contribution in [3.63, 3.8) is 0 Å². The van der Waals surface area contributed by atoms with Gasteiger partial charge in [-0.2, -0.15) is 0 Å². The van der Waals surface area contributed by atoms with Crippen LogP contribution in [-0.2, 0) is 13.6 Å². The number of benzene rings is 1. The largest absolute Gasteiger partial charge is 0.380 e. The molecular weight excluding hydrogens is 316 g/mol. The SMILES string of the molecule is Cn1cc(NCc2ccc(Br)cc2Cl)ccc1=O. The summed E-state index contributed by atoms with van der Waals surface area (Å²) in [5, 5.41) is 3.94. The summed E-state index contributed by atoms with van der Waals surface area (Å²) in [6, 6.07) is 9.06. The first kappa shape index (κ1) is 13.2. The molecule has 0 bridgehead atoms. The van der Waals surface area contributed by atoms with E-state index in [1.165, 1.54) is 10.6 Å². The van der Waals surface area contributed by atoms with Crippen molar-refractivity contribution in [2.45, 2.75) is 6.54 Å². The number of pyridine rings is 1. The maximum atomic E-state index is 11.2. The van der Waals surface area contributed by atoms with Gasteiger partial charge in [0.15, 0.2) is 0 Å². The molecule has 1 heterocycles. The van der Waals surface area contributed by atoms with Gasteiger partial charge in [0.05, 0.1) is 5.69 Å². The van der Waals surface area contributed by atoms with Gasteiger partial charge < -0.3 is 9.88 Å². The number of hydrogen-bond acceptors (Lipinski definition) is 2. The number of aromatic nitrogens is 1. The molecule has 0 aliphatic rings. The summed E-state index contributed by atoms with van der Waals surface area (Å²) in [5.41, 5.74) is 1.87. The highest BCUT2D eigenvalue weighted by Crippen LogP contribution is 2.22. The Hall–Kier alpha value is -1.26. The Balaban J connectivity index is 2.11. The predicted molar refractivity (Wildman–Crippen MR) is 78.2 cm³/mol. The van der Waals surface area contributed by atoms with Gasteiger partial charge in [-0.25, -0.2) is 0 Å². The first-order valence-electron chi connectivity index (χ1n) is 5.41. The van der Waals surface area contributed by atoms with E-state index >= 15 is 0 Å². The molecule has 0 aliphatic heterocycles. The van der Waals surface area contributed by atoms with Crippen molar-refractivity contribution >= 4 is 33.2 Å². The Kier molecular flexibility index (Phi) is 4.09. The lowest BCUT2D eigenvalue weighted by Gasteiger charge is -2.09. The van der Waals surface area contributed by atoms with Crippen LogP contribution < -0.4 is 10.9 Å². The second-order valence-corrected chi connectivity index (χ2v) is 5.28. The average molecular weight is 328 g/mol. The second kappa shape index (κ2) is 5.59. The zero-order chi connectivity index (χ0) is 13.1. The molecule has 0 amide bonds. The van der Waals surface area contributed by atoms with Crippen LogP contribution in [0, 0.1) is 0 Å². The zero-order valence-corrected chi connectivity index (χ0v) is 12.1. The van der Waals surface area contributed by atoms with Crippen molar-refractivity contribution in [1.29, 1.82) is 0 Å². The number of rotatable bonds is 3. The summed E-state index contributed by atoms with van der Waals surface area (Å²) in [5.74, 6) is 0. The van der Waals surface area contributed by atoms with E-state index in [9.17, 15) is 4.79 Å². The molecule has 18 heavy (non-hydrogen) atoms. The number of anilines is 1. The Morgan fingerprint density at radius 1 is 1.33 bits per heavy atom. The van der Waals surface area contributed by atoms with E-state index in [0.29, 0.717) is 11.6 Å². The number of hydrogen-bond donors (Lipinski definition) is 1. The van der Waals surface area contributed by atoms with Gasteiger partial charge in [0.1, 0.15) is 0 Å². The van der Waals surface area contributed by atoms with E-state index in [1.807, 2.05) is 18.2 Å². The minimum atomic E-state index is -0.0257. The number of nitrogens with one attached hydrogen (secondary N) is 1. The van der Waals surface area contributed by atoms with Gasteiger partial charge in [-0.05, 0) is 23.8 Å². The van der Waals surface area contributed by atoms with Crippen LogP contribution in [0.25, 0.3) is 0 Å². The summed E-state index contributed by atoms with van der Waals surface area (Å²) in [4.78, 5) is 11.2. The fourth-order valence-corrected chi connectivity index (χ4v) is 2.30. The molecule has 0 saturated heterocycles. The molecule has 0 aliphatic carbocycles. The Morgan fingerprint density at radius 3 is 2.78 bits per heavy atom. The summed E-state index contributed by atoms with van der Waals surface area (Å²) in [6.45, 7) is 0.615. The van der Waals surface area contributed by atoms with Gasteiger partial charge in [0.2, 0.25) is 5.56 Å². The first-order chi connectivity index (χ1) is 8.56. The molecule has 1 N–H and O–H groups in total. The first-order valence-corrected chi connectivity index (χ1v) is 6.58. The Morgan fingerprint density at radius 2 is 2.11 bits per heavy atom. The highest BCUT2D eigenvalue weighted by atomic mass is 79.9. The minimum absolute atomic E-state index is 0.0257. The van der Waals surface area contributed by atoms with E-state index in [0.717, 1.165) is 15.7 Å². The van der Waals surface area contributed by atoms with Crippen LogP contribution in [0.15, 0.2) is 45.8 Å². The van der Waals surface area contributed by atoms with E-state index in [4.69, 9.17) is 11.6 Å². The summed E-state index contributed by atoms with van der Waals surface area (Å²) in [6.07, 6.45) is 1.76. The topological polar surface area (TPSA) is 34.0 Å². The maximum Gasteiger partial charge on any atom is 0.250 e. The molecule has 5 heteroatoms. The summed E-state index contributed by atoms with van der Waals surface area (Å²) in [7, 11) is 1.72. The summed E-state index contributed by atoms with van der Waals surface area (Å²) < 4.78 is 2.49. The van der Waals surface area contributed by atoms with Crippen LogP contribution in [0.2, 0.25) is 5.02 Å². The second-order valence-electron chi connectivity index (χ2n) is 3.96. The molecule has 0 unspecified atom stereocenters. The standard InChI is InChI=1S/C13H12BrClN2O/c1-17-8-11(4-5-13(17)18)16-7-9-2-3-10(14)6-12(9)15/h2-6,8,16H,7H2,1H3. The molecule has 0 atom stereocenters.